The Morgan fingerprint density at radius 3 is 2.55 bits per heavy atom. The highest BCUT2D eigenvalue weighted by Crippen LogP contribution is 2.21. The molecule has 1 fully saturated rings. The van der Waals surface area contributed by atoms with Gasteiger partial charge in [0.05, 0.1) is 17.0 Å². The van der Waals surface area contributed by atoms with Gasteiger partial charge in [0.2, 0.25) is 0 Å². The zero-order valence-electron chi connectivity index (χ0n) is 12.0. The molecular formula is C14H22N2O3S. The number of sulfone groups is 1. The fourth-order valence-electron chi connectivity index (χ4n) is 2.56. The molecular weight excluding hydrogens is 276 g/mol. The Morgan fingerprint density at radius 2 is 2.05 bits per heavy atom. The SMILES string of the molecule is COCC1(CNc2ccc(S(C)(=O)=O)cc2)CCCN1. The summed E-state index contributed by atoms with van der Waals surface area (Å²) in [5, 5.41) is 6.85. The highest BCUT2D eigenvalue weighted by Gasteiger charge is 2.33. The van der Waals surface area contributed by atoms with Gasteiger partial charge in [-0.25, -0.2) is 8.42 Å². The third-order valence-corrected chi connectivity index (χ3v) is 4.79. The first kappa shape index (κ1) is 15.3. The lowest BCUT2D eigenvalue weighted by Crippen LogP contribution is -2.49. The summed E-state index contributed by atoms with van der Waals surface area (Å²) in [6.07, 6.45) is 3.44. The Labute approximate surface area is 120 Å². The Morgan fingerprint density at radius 1 is 1.35 bits per heavy atom. The predicted octanol–water partition coefficient (Wildman–Crippen LogP) is 1.27. The average molecular weight is 298 g/mol. The summed E-state index contributed by atoms with van der Waals surface area (Å²) in [4.78, 5) is 0.341. The van der Waals surface area contributed by atoms with Crippen LogP contribution in [-0.4, -0.2) is 47.0 Å². The van der Waals surface area contributed by atoms with E-state index in [2.05, 4.69) is 10.6 Å². The van der Waals surface area contributed by atoms with Gasteiger partial charge in [0.1, 0.15) is 0 Å². The number of hydrogen-bond acceptors (Lipinski definition) is 5. The fraction of sp³-hybridized carbons (Fsp3) is 0.571. The Balaban J connectivity index is 2.00. The molecule has 20 heavy (non-hydrogen) atoms. The standard InChI is InChI=1S/C14H22N2O3S/c1-19-11-14(8-3-9-16-14)10-15-12-4-6-13(7-5-12)20(2,17)18/h4-7,15-16H,3,8-11H2,1-2H3. The van der Waals surface area contributed by atoms with Crippen molar-refractivity contribution in [3.63, 3.8) is 0 Å². The molecule has 0 saturated carbocycles. The summed E-state index contributed by atoms with van der Waals surface area (Å²) in [7, 11) is -1.42. The second-order valence-electron chi connectivity index (χ2n) is 5.39. The van der Waals surface area contributed by atoms with E-state index in [1.54, 1.807) is 31.4 Å². The van der Waals surface area contributed by atoms with E-state index in [1.807, 2.05) is 0 Å². The topological polar surface area (TPSA) is 67.4 Å². The molecule has 0 radical (unpaired) electrons. The highest BCUT2D eigenvalue weighted by molar-refractivity contribution is 7.90. The van der Waals surface area contributed by atoms with Crippen molar-refractivity contribution in [3.05, 3.63) is 24.3 Å². The van der Waals surface area contributed by atoms with Gasteiger partial charge in [-0.05, 0) is 43.7 Å². The zero-order chi connectivity index (χ0) is 14.6. The van der Waals surface area contributed by atoms with Crippen molar-refractivity contribution in [3.8, 4) is 0 Å². The molecule has 0 amide bonds. The minimum atomic E-state index is -3.13. The molecule has 1 unspecified atom stereocenters. The lowest BCUT2D eigenvalue weighted by atomic mass is 9.98. The lowest BCUT2D eigenvalue weighted by Gasteiger charge is -2.29. The Kier molecular flexibility index (Phi) is 4.67. The van der Waals surface area contributed by atoms with Crippen LogP contribution in [0, 0.1) is 0 Å². The van der Waals surface area contributed by atoms with Crippen LogP contribution in [0.25, 0.3) is 0 Å². The molecule has 0 bridgehead atoms. The molecule has 0 aliphatic carbocycles. The largest absolute Gasteiger partial charge is 0.383 e. The van der Waals surface area contributed by atoms with Crippen LogP contribution >= 0.6 is 0 Å². The summed E-state index contributed by atoms with van der Waals surface area (Å²) >= 11 is 0. The third-order valence-electron chi connectivity index (χ3n) is 3.67. The lowest BCUT2D eigenvalue weighted by molar-refractivity contribution is 0.127. The molecule has 2 N–H and O–H groups in total. The van der Waals surface area contributed by atoms with Gasteiger partial charge in [0.15, 0.2) is 9.84 Å². The van der Waals surface area contributed by atoms with Gasteiger partial charge in [0.25, 0.3) is 0 Å². The van der Waals surface area contributed by atoms with Gasteiger partial charge >= 0.3 is 0 Å². The molecule has 1 heterocycles. The number of methoxy groups -OCH3 is 1. The molecule has 0 aromatic heterocycles. The maximum absolute atomic E-state index is 11.4. The first-order valence-corrected chi connectivity index (χ1v) is 8.62. The number of anilines is 1. The average Bonchev–Trinajstić information content (AvgIpc) is 2.85. The Bertz CT molecular complexity index is 534. The fourth-order valence-corrected chi connectivity index (χ4v) is 3.19. The van der Waals surface area contributed by atoms with Crippen LogP contribution in [0.5, 0.6) is 0 Å². The number of benzene rings is 1. The second-order valence-corrected chi connectivity index (χ2v) is 7.41. The summed E-state index contributed by atoms with van der Waals surface area (Å²) in [6.45, 7) is 2.44. The Hall–Kier alpha value is -1.11. The summed E-state index contributed by atoms with van der Waals surface area (Å²) in [5.74, 6) is 0. The number of hydrogen-bond donors (Lipinski definition) is 2. The predicted molar refractivity (Wildman–Crippen MR) is 79.9 cm³/mol. The van der Waals surface area contributed by atoms with Crippen LogP contribution in [-0.2, 0) is 14.6 Å². The van der Waals surface area contributed by atoms with Crippen LogP contribution in [0.3, 0.4) is 0 Å². The maximum Gasteiger partial charge on any atom is 0.175 e. The van der Waals surface area contributed by atoms with Gasteiger partial charge in [-0.3, -0.25) is 0 Å². The molecule has 1 saturated heterocycles. The summed E-state index contributed by atoms with van der Waals surface area (Å²) in [5.41, 5.74) is 0.895. The van der Waals surface area contributed by atoms with E-state index in [4.69, 9.17) is 4.74 Å². The van der Waals surface area contributed by atoms with Crippen molar-refractivity contribution in [1.29, 1.82) is 0 Å². The quantitative estimate of drug-likeness (QED) is 0.828. The van der Waals surface area contributed by atoms with Crippen LogP contribution in [0.1, 0.15) is 12.8 Å². The molecule has 1 atom stereocenters. The molecule has 112 valence electrons. The first-order valence-electron chi connectivity index (χ1n) is 6.73. The van der Waals surface area contributed by atoms with E-state index in [0.717, 1.165) is 31.6 Å². The monoisotopic (exact) mass is 298 g/mol. The van der Waals surface area contributed by atoms with Gasteiger partial charge in [-0.2, -0.15) is 0 Å². The minimum absolute atomic E-state index is 0.0236. The first-order chi connectivity index (χ1) is 9.45. The molecule has 5 nitrogen and oxygen atoms in total. The number of rotatable bonds is 6. The number of nitrogens with one attached hydrogen (secondary N) is 2. The smallest absolute Gasteiger partial charge is 0.175 e. The summed E-state index contributed by atoms with van der Waals surface area (Å²) < 4.78 is 28.1. The highest BCUT2D eigenvalue weighted by atomic mass is 32.2. The zero-order valence-corrected chi connectivity index (χ0v) is 12.8. The number of ether oxygens (including phenoxy) is 1. The third kappa shape index (κ3) is 3.71. The van der Waals surface area contributed by atoms with Crippen LogP contribution in [0.4, 0.5) is 5.69 Å². The van der Waals surface area contributed by atoms with E-state index < -0.39 is 9.84 Å². The van der Waals surface area contributed by atoms with Crippen molar-refractivity contribution in [1.82, 2.24) is 5.32 Å². The van der Waals surface area contributed by atoms with E-state index in [-0.39, 0.29) is 5.54 Å². The molecule has 2 rings (SSSR count). The van der Waals surface area contributed by atoms with Gasteiger partial charge in [0, 0.05) is 25.6 Å². The molecule has 1 aromatic carbocycles. The minimum Gasteiger partial charge on any atom is -0.383 e. The van der Waals surface area contributed by atoms with E-state index >= 15 is 0 Å². The summed E-state index contributed by atoms with van der Waals surface area (Å²) in [6, 6.07) is 6.85. The van der Waals surface area contributed by atoms with E-state index in [0.29, 0.717) is 11.5 Å². The van der Waals surface area contributed by atoms with Crippen LogP contribution in [0.2, 0.25) is 0 Å². The van der Waals surface area contributed by atoms with Crippen molar-refractivity contribution in [2.45, 2.75) is 23.3 Å². The molecule has 1 aromatic rings. The molecule has 0 spiro atoms. The second kappa shape index (κ2) is 6.11. The van der Waals surface area contributed by atoms with E-state index in [9.17, 15) is 8.42 Å². The maximum atomic E-state index is 11.4. The van der Waals surface area contributed by atoms with Gasteiger partial charge in [-0.15, -0.1) is 0 Å². The van der Waals surface area contributed by atoms with Crippen molar-refractivity contribution >= 4 is 15.5 Å². The van der Waals surface area contributed by atoms with Gasteiger partial charge < -0.3 is 15.4 Å². The molecule has 1 aliphatic rings. The van der Waals surface area contributed by atoms with Crippen LogP contribution in [0.15, 0.2) is 29.2 Å². The normalized spacial score (nSPS) is 22.9. The van der Waals surface area contributed by atoms with Crippen molar-refractivity contribution in [2.75, 3.05) is 38.4 Å². The van der Waals surface area contributed by atoms with Crippen molar-refractivity contribution < 1.29 is 13.2 Å². The van der Waals surface area contributed by atoms with Crippen molar-refractivity contribution in [2.24, 2.45) is 0 Å². The molecule has 1 aliphatic heterocycles. The van der Waals surface area contributed by atoms with Gasteiger partial charge in [-0.1, -0.05) is 0 Å². The van der Waals surface area contributed by atoms with E-state index in [1.165, 1.54) is 6.26 Å². The molecule has 6 heteroatoms. The van der Waals surface area contributed by atoms with Crippen LogP contribution < -0.4 is 10.6 Å².